The first-order chi connectivity index (χ1) is 8.26. The average Bonchev–Trinajstić information content (AvgIpc) is 2.77. The third-order valence-corrected chi connectivity index (χ3v) is 4.62. The number of halogens is 1. The van der Waals surface area contributed by atoms with Crippen molar-refractivity contribution in [3.63, 3.8) is 0 Å². The lowest BCUT2D eigenvalue weighted by molar-refractivity contribution is -0.0284. The van der Waals surface area contributed by atoms with E-state index in [-0.39, 0.29) is 6.04 Å². The lowest BCUT2D eigenvalue weighted by atomic mass is 10.1. The summed E-state index contributed by atoms with van der Waals surface area (Å²) in [6, 6.07) is 4.79. The summed E-state index contributed by atoms with van der Waals surface area (Å²) < 4.78 is 6.37. The first-order valence-corrected chi connectivity index (χ1v) is 7.24. The van der Waals surface area contributed by atoms with Gasteiger partial charge in [0.05, 0.1) is 23.6 Å². The summed E-state index contributed by atoms with van der Waals surface area (Å²) in [5, 5.41) is 0. The van der Waals surface area contributed by atoms with Crippen LogP contribution < -0.4 is 5.73 Å². The Morgan fingerprint density at radius 3 is 3.06 bits per heavy atom. The standard InChI is InChI=1S/C12H19ClN2OS/c1-2-9-8-16-6-5-15(9)10(7-14)11-3-4-12(13)17-11/h3-4,9-10H,2,5-8,14H2,1H3. The first-order valence-electron chi connectivity index (χ1n) is 6.05. The summed E-state index contributed by atoms with van der Waals surface area (Å²) in [5.41, 5.74) is 5.94. The number of hydrogen-bond acceptors (Lipinski definition) is 4. The molecule has 3 nitrogen and oxygen atoms in total. The van der Waals surface area contributed by atoms with E-state index in [0.29, 0.717) is 12.6 Å². The summed E-state index contributed by atoms with van der Waals surface area (Å²) in [6.45, 7) is 5.39. The van der Waals surface area contributed by atoms with E-state index in [2.05, 4.69) is 17.9 Å². The molecule has 2 unspecified atom stereocenters. The van der Waals surface area contributed by atoms with Crippen LogP contribution in [0.1, 0.15) is 24.3 Å². The van der Waals surface area contributed by atoms with E-state index < -0.39 is 0 Å². The zero-order valence-electron chi connectivity index (χ0n) is 10.1. The van der Waals surface area contributed by atoms with E-state index >= 15 is 0 Å². The Labute approximate surface area is 112 Å². The van der Waals surface area contributed by atoms with Crippen molar-refractivity contribution < 1.29 is 4.74 Å². The molecule has 96 valence electrons. The zero-order valence-corrected chi connectivity index (χ0v) is 11.6. The lowest BCUT2D eigenvalue weighted by Crippen LogP contribution is -2.48. The Bertz CT molecular complexity index is 358. The van der Waals surface area contributed by atoms with Crippen LogP contribution in [0.15, 0.2) is 12.1 Å². The van der Waals surface area contributed by atoms with Crippen molar-refractivity contribution in [2.45, 2.75) is 25.4 Å². The Kier molecular flexibility index (Phi) is 4.82. The van der Waals surface area contributed by atoms with Gasteiger partial charge in [0.1, 0.15) is 0 Å². The van der Waals surface area contributed by atoms with Crippen molar-refractivity contribution in [2.75, 3.05) is 26.3 Å². The predicted octanol–water partition coefficient (Wildman–Crippen LogP) is 2.51. The van der Waals surface area contributed by atoms with Crippen molar-refractivity contribution >= 4 is 22.9 Å². The van der Waals surface area contributed by atoms with Gasteiger partial charge in [-0.3, -0.25) is 4.90 Å². The minimum Gasteiger partial charge on any atom is -0.378 e. The summed E-state index contributed by atoms with van der Waals surface area (Å²) in [6.07, 6.45) is 1.09. The minimum atomic E-state index is 0.279. The lowest BCUT2D eigenvalue weighted by Gasteiger charge is -2.40. The molecule has 1 saturated heterocycles. The zero-order chi connectivity index (χ0) is 12.3. The highest BCUT2D eigenvalue weighted by atomic mass is 35.5. The van der Waals surface area contributed by atoms with Gasteiger partial charge in [0.15, 0.2) is 0 Å². The van der Waals surface area contributed by atoms with E-state index in [0.717, 1.165) is 30.5 Å². The van der Waals surface area contributed by atoms with Crippen LogP contribution in [0, 0.1) is 0 Å². The summed E-state index contributed by atoms with van der Waals surface area (Å²) >= 11 is 7.63. The Morgan fingerprint density at radius 2 is 2.47 bits per heavy atom. The minimum absolute atomic E-state index is 0.279. The Balaban J connectivity index is 2.16. The number of nitrogens with two attached hydrogens (primary N) is 1. The molecule has 1 aromatic heterocycles. The molecule has 0 bridgehead atoms. The Morgan fingerprint density at radius 1 is 1.65 bits per heavy atom. The molecule has 0 spiro atoms. The molecule has 2 atom stereocenters. The number of nitrogens with zero attached hydrogens (tertiary/aromatic N) is 1. The second-order valence-electron chi connectivity index (χ2n) is 4.27. The molecule has 5 heteroatoms. The van der Waals surface area contributed by atoms with Crippen LogP contribution in [0.25, 0.3) is 0 Å². The van der Waals surface area contributed by atoms with E-state index in [1.54, 1.807) is 11.3 Å². The van der Waals surface area contributed by atoms with Crippen molar-refractivity contribution in [2.24, 2.45) is 5.73 Å². The third-order valence-electron chi connectivity index (χ3n) is 3.29. The second kappa shape index (κ2) is 6.16. The monoisotopic (exact) mass is 274 g/mol. The fourth-order valence-corrected chi connectivity index (χ4v) is 3.55. The number of ether oxygens (including phenoxy) is 1. The number of hydrogen-bond donors (Lipinski definition) is 1. The largest absolute Gasteiger partial charge is 0.378 e. The summed E-state index contributed by atoms with van der Waals surface area (Å²) in [7, 11) is 0. The molecule has 1 aliphatic heterocycles. The van der Waals surface area contributed by atoms with Crippen LogP contribution >= 0.6 is 22.9 Å². The van der Waals surface area contributed by atoms with Crippen molar-refractivity contribution in [1.82, 2.24) is 4.90 Å². The molecule has 0 amide bonds. The molecule has 0 radical (unpaired) electrons. The molecule has 2 N–H and O–H groups in total. The van der Waals surface area contributed by atoms with Crippen molar-refractivity contribution in [3.05, 3.63) is 21.3 Å². The van der Waals surface area contributed by atoms with E-state index in [1.165, 1.54) is 4.88 Å². The van der Waals surface area contributed by atoms with Crippen LogP contribution in [-0.2, 0) is 4.74 Å². The molecule has 1 aromatic rings. The highest BCUT2D eigenvalue weighted by Crippen LogP contribution is 2.32. The van der Waals surface area contributed by atoms with Gasteiger partial charge in [-0.2, -0.15) is 0 Å². The number of rotatable bonds is 4. The predicted molar refractivity (Wildman–Crippen MR) is 72.7 cm³/mol. The van der Waals surface area contributed by atoms with Gasteiger partial charge in [-0.05, 0) is 18.6 Å². The molecule has 2 rings (SSSR count). The topological polar surface area (TPSA) is 38.5 Å². The summed E-state index contributed by atoms with van der Waals surface area (Å²) in [5.74, 6) is 0. The fraction of sp³-hybridized carbons (Fsp3) is 0.667. The van der Waals surface area contributed by atoms with Crippen molar-refractivity contribution in [3.8, 4) is 0 Å². The number of thiophene rings is 1. The smallest absolute Gasteiger partial charge is 0.0931 e. The van der Waals surface area contributed by atoms with Gasteiger partial charge < -0.3 is 10.5 Å². The molecule has 0 saturated carbocycles. The number of morpholine rings is 1. The maximum atomic E-state index is 6.01. The van der Waals surface area contributed by atoms with Gasteiger partial charge in [-0.25, -0.2) is 0 Å². The summed E-state index contributed by atoms with van der Waals surface area (Å²) in [4.78, 5) is 3.73. The molecule has 17 heavy (non-hydrogen) atoms. The van der Waals surface area contributed by atoms with Crippen LogP contribution in [0.5, 0.6) is 0 Å². The molecule has 1 aliphatic rings. The van der Waals surface area contributed by atoms with Gasteiger partial charge in [-0.15, -0.1) is 11.3 Å². The van der Waals surface area contributed by atoms with Gasteiger partial charge in [-0.1, -0.05) is 18.5 Å². The molecule has 0 aliphatic carbocycles. The van der Waals surface area contributed by atoms with Crippen LogP contribution in [-0.4, -0.2) is 37.2 Å². The van der Waals surface area contributed by atoms with E-state index in [9.17, 15) is 0 Å². The molecular formula is C12H19ClN2OS. The van der Waals surface area contributed by atoms with Crippen LogP contribution in [0.2, 0.25) is 4.34 Å². The van der Waals surface area contributed by atoms with E-state index in [4.69, 9.17) is 22.1 Å². The first kappa shape index (κ1) is 13.3. The quantitative estimate of drug-likeness (QED) is 0.917. The van der Waals surface area contributed by atoms with Crippen LogP contribution in [0.3, 0.4) is 0 Å². The van der Waals surface area contributed by atoms with Gasteiger partial charge >= 0.3 is 0 Å². The molecule has 1 fully saturated rings. The van der Waals surface area contributed by atoms with Gasteiger partial charge in [0, 0.05) is 24.0 Å². The van der Waals surface area contributed by atoms with Gasteiger partial charge in [0.25, 0.3) is 0 Å². The van der Waals surface area contributed by atoms with E-state index in [1.807, 2.05) is 6.07 Å². The highest BCUT2D eigenvalue weighted by Gasteiger charge is 2.29. The Hall–Kier alpha value is -0.130. The molecular weight excluding hydrogens is 256 g/mol. The molecule has 0 aromatic carbocycles. The maximum Gasteiger partial charge on any atom is 0.0931 e. The van der Waals surface area contributed by atoms with Crippen LogP contribution in [0.4, 0.5) is 0 Å². The molecule has 2 heterocycles. The average molecular weight is 275 g/mol. The SMILES string of the molecule is CCC1COCCN1C(CN)c1ccc(Cl)s1. The maximum absolute atomic E-state index is 6.01. The normalized spacial score (nSPS) is 23.8. The highest BCUT2D eigenvalue weighted by molar-refractivity contribution is 7.16. The van der Waals surface area contributed by atoms with Gasteiger partial charge in [0.2, 0.25) is 0 Å². The fourth-order valence-electron chi connectivity index (χ4n) is 2.35. The van der Waals surface area contributed by atoms with Crippen molar-refractivity contribution in [1.29, 1.82) is 0 Å². The second-order valence-corrected chi connectivity index (χ2v) is 6.01. The third kappa shape index (κ3) is 3.01.